The molecule has 2 rings (SSSR count). The highest BCUT2D eigenvalue weighted by Crippen LogP contribution is 2.21. The van der Waals surface area contributed by atoms with Crippen molar-refractivity contribution in [1.82, 2.24) is 9.80 Å². The number of carbonyl (C=O) groups excluding carboxylic acids is 2. The fourth-order valence-corrected chi connectivity index (χ4v) is 3.93. The van der Waals surface area contributed by atoms with Crippen LogP contribution in [0.25, 0.3) is 0 Å². The first-order valence-electron chi connectivity index (χ1n) is 16.0. The summed E-state index contributed by atoms with van der Waals surface area (Å²) < 4.78 is 54.7. The molecule has 2 amide bonds. The SMILES string of the molecule is CN(C)CCOCCOCCOCCOCCOCCOCCOCCOCCOCCOCCN1C(=O)c2ccccc2C1=O. The van der Waals surface area contributed by atoms with Crippen LogP contribution in [0, 0.1) is 0 Å². The Morgan fingerprint density at radius 3 is 0.978 bits per heavy atom. The van der Waals surface area contributed by atoms with Gasteiger partial charge in [-0.1, -0.05) is 12.1 Å². The molecule has 1 aromatic carbocycles. The Kier molecular flexibility index (Phi) is 24.4. The maximum absolute atomic E-state index is 12.3. The zero-order valence-electron chi connectivity index (χ0n) is 27.7. The van der Waals surface area contributed by atoms with Gasteiger partial charge in [-0.05, 0) is 26.2 Å². The van der Waals surface area contributed by atoms with Crippen molar-refractivity contribution in [3.05, 3.63) is 35.4 Å². The molecule has 0 saturated carbocycles. The zero-order chi connectivity index (χ0) is 32.9. The molecule has 0 unspecified atom stereocenters. The molecule has 14 nitrogen and oxygen atoms in total. The summed E-state index contributed by atoms with van der Waals surface area (Å²) in [6.45, 7) is 10.9. The van der Waals surface area contributed by atoms with E-state index in [9.17, 15) is 9.59 Å². The van der Waals surface area contributed by atoms with Crippen LogP contribution < -0.4 is 0 Å². The summed E-state index contributed by atoms with van der Waals surface area (Å²) in [6, 6.07) is 6.82. The van der Waals surface area contributed by atoms with Crippen molar-refractivity contribution in [1.29, 1.82) is 0 Å². The molecule has 0 aliphatic carbocycles. The Balaban J connectivity index is 1.18. The van der Waals surface area contributed by atoms with Crippen LogP contribution in [0.5, 0.6) is 0 Å². The van der Waals surface area contributed by atoms with E-state index in [1.54, 1.807) is 24.3 Å². The third kappa shape index (κ3) is 19.6. The van der Waals surface area contributed by atoms with E-state index >= 15 is 0 Å². The Morgan fingerprint density at radius 2 is 0.696 bits per heavy atom. The average Bonchev–Trinajstić information content (AvgIpc) is 3.30. The molecule has 264 valence electrons. The summed E-state index contributed by atoms with van der Waals surface area (Å²) in [6.07, 6.45) is 0. The highest BCUT2D eigenvalue weighted by molar-refractivity contribution is 6.21. The monoisotopic (exact) mass is 658 g/mol. The Hall–Kier alpha value is -2.08. The first-order valence-corrected chi connectivity index (χ1v) is 16.0. The molecule has 1 aliphatic heterocycles. The third-order valence-corrected chi connectivity index (χ3v) is 6.37. The van der Waals surface area contributed by atoms with Gasteiger partial charge in [0.15, 0.2) is 0 Å². The molecular formula is C32H54N2O12. The van der Waals surface area contributed by atoms with Crippen LogP contribution in [-0.2, 0) is 47.4 Å². The van der Waals surface area contributed by atoms with Gasteiger partial charge in [-0.3, -0.25) is 14.5 Å². The number of amides is 2. The van der Waals surface area contributed by atoms with Crippen LogP contribution in [0.3, 0.4) is 0 Å². The second-order valence-electron chi connectivity index (χ2n) is 10.2. The molecule has 0 aromatic heterocycles. The number of nitrogens with zero attached hydrogens (tertiary/aromatic N) is 2. The molecule has 0 N–H and O–H groups in total. The van der Waals surface area contributed by atoms with Crippen LogP contribution >= 0.6 is 0 Å². The van der Waals surface area contributed by atoms with E-state index in [-0.39, 0.29) is 25.0 Å². The standard InChI is InChI=1S/C32H54N2O12/c1-33(2)7-9-37-11-13-39-15-17-41-19-21-43-23-25-45-27-28-46-26-24-44-22-20-42-18-16-40-14-12-38-10-8-34-31(35)29-5-3-4-6-30(29)32(34)36/h3-6H,7-28H2,1-2H3. The van der Waals surface area contributed by atoms with Crippen LogP contribution in [0.4, 0.5) is 0 Å². The van der Waals surface area contributed by atoms with Crippen molar-refractivity contribution >= 4 is 11.8 Å². The molecular weight excluding hydrogens is 604 g/mol. The lowest BCUT2D eigenvalue weighted by Gasteiger charge is -2.13. The summed E-state index contributed by atoms with van der Waals surface area (Å²) in [5.74, 6) is -0.552. The van der Waals surface area contributed by atoms with Crippen LogP contribution in [0.1, 0.15) is 20.7 Å². The Bertz CT molecular complexity index is 873. The molecule has 0 saturated heterocycles. The first-order chi connectivity index (χ1) is 22.6. The van der Waals surface area contributed by atoms with Gasteiger partial charge in [0.25, 0.3) is 11.8 Å². The van der Waals surface area contributed by atoms with E-state index in [0.29, 0.717) is 137 Å². The predicted octanol–water partition coefficient (Wildman–Crippen LogP) is 1.01. The number of rotatable bonds is 33. The van der Waals surface area contributed by atoms with Gasteiger partial charge in [0.2, 0.25) is 0 Å². The van der Waals surface area contributed by atoms with Gasteiger partial charge < -0.3 is 52.3 Å². The number of hydrogen-bond donors (Lipinski definition) is 0. The molecule has 0 radical (unpaired) electrons. The Morgan fingerprint density at radius 1 is 0.435 bits per heavy atom. The van der Waals surface area contributed by atoms with Gasteiger partial charge in [0.1, 0.15) is 0 Å². The van der Waals surface area contributed by atoms with Crippen molar-refractivity contribution in [2.45, 2.75) is 0 Å². The largest absolute Gasteiger partial charge is 0.378 e. The van der Waals surface area contributed by atoms with Gasteiger partial charge in [-0.15, -0.1) is 0 Å². The van der Waals surface area contributed by atoms with E-state index in [4.69, 9.17) is 47.4 Å². The second kappa shape index (κ2) is 28.0. The normalized spacial score (nSPS) is 13.0. The molecule has 46 heavy (non-hydrogen) atoms. The van der Waals surface area contributed by atoms with E-state index < -0.39 is 0 Å². The lowest BCUT2D eigenvalue weighted by Crippen LogP contribution is -2.33. The van der Waals surface area contributed by atoms with Crippen molar-refractivity contribution in [3.8, 4) is 0 Å². The number of benzene rings is 1. The zero-order valence-corrected chi connectivity index (χ0v) is 27.7. The van der Waals surface area contributed by atoms with E-state index in [1.807, 2.05) is 14.1 Å². The van der Waals surface area contributed by atoms with Gasteiger partial charge in [-0.2, -0.15) is 0 Å². The van der Waals surface area contributed by atoms with Gasteiger partial charge in [0.05, 0.1) is 150 Å². The molecule has 1 aromatic rings. The molecule has 0 atom stereocenters. The predicted molar refractivity (Wildman–Crippen MR) is 169 cm³/mol. The van der Waals surface area contributed by atoms with Crippen LogP contribution in [0.15, 0.2) is 24.3 Å². The molecule has 1 heterocycles. The van der Waals surface area contributed by atoms with Crippen LogP contribution in [-0.4, -0.2) is 181 Å². The summed E-state index contributed by atoms with van der Waals surface area (Å²) in [5, 5.41) is 0. The molecule has 14 heteroatoms. The molecule has 0 fully saturated rings. The first kappa shape index (κ1) is 40.1. The maximum atomic E-state index is 12.3. The van der Waals surface area contributed by atoms with Crippen molar-refractivity contribution in [2.24, 2.45) is 0 Å². The summed E-state index contributed by atoms with van der Waals surface area (Å²) in [4.78, 5) is 27.9. The third-order valence-electron chi connectivity index (χ3n) is 6.37. The van der Waals surface area contributed by atoms with E-state index in [1.165, 1.54) is 4.90 Å². The summed E-state index contributed by atoms with van der Waals surface area (Å²) in [7, 11) is 4.03. The second-order valence-corrected chi connectivity index (χ2v) is 10.2. The number of ether oxygens (including phenoxy) is 10. The maximum Gasteiger partial charge on any atom is 0.261 e. The number of hydrogen-bond acceptors (Lipinski definition) is 13. The summed E-state index contributed by atoms with van der Waals surface area (Å²) >= 11 is 0. The highest BCUT2D eigenvalue weighted by atomic mass is 16.6. The Labute approximate surface area is 273 Å². The quantitative estimate of drug-likeness (QED) is 0.0787. The average molecular weight is 659 g/mol. The topological polar surface area (TPSA) is 133 Å². The summed E-state index contributed by atoms with van der Waals surface area (Å²) in [5.41, 5.74) is 0.887. The number of fused-ring (bicyclic) bond motifs is 1. The highest BCUT2D eigenvalue weighted by Gasteiger charge is 2.34. The van der Waals surface area contributed by atoms with Crippen LogP contribution in [0.2, 0.25) is 0 Å². The van der Waals surface area contributed by atoms with Crippen molar-refractivity contribution in [2.75, 3.05) is 159 Å². The number of imide groups is 1. The molecule has 0 spiro atoms. The molecule has 1 aliphatic rings. The lowest BCUT2D eigenvalue weighted by molar-refractivity contribution is -0.0266. The minimum atomic E-state index is -0.276. The van der Waals surface area contributed by atoms with Gasteiger partial charge in [-0.25, -0.2) is 0 Å². The smallest absolute Gasteiger partial charge is 0.261 e. The minimum absolute atomic E-state index is 0.216. The molecule has 0 bridgehead atoms. The van der Waals surface area contributed by atoms with Gasteiger partial charge in [0, 0.05) is 6.54 Å². The lowest BCUT2D eigenvalue weighted by atomic mass is 10.1. The van der Waals surface area contributed by atoms with Crippen molar-refractivity contribution in [3.63, 3.8) is 0 Å². The minimum Gasteiger partial charge on any atom is -0.378 e. The fourth-order valence-electron chi connectivity index (χ4n) is 3.93. The van der Waals surface area contributed by atoms with E-state index in [0.717, 1.165) is 6.54 Å². The van der Waals surface area contributed by atoms with E-state index in [2.05, 4.69) is 4.90 Å². The van der Waals surface area contributed by atoms with Crippen molar-refractivity contribution < 1.29 is 57.0 Å². The van der Waals surface area contributed by atoms with Gasteiger partial charge >= 0.3 is 0 Å². The number of carbonyl (C=O) groups is 2. The fraction of sp³-hybridized carbons (Fsp3) is 0.750. The number of likely N-dealkylation sites (N-methyl/N-ethyl adjacent to an activating group) is 1.